The number of ketones is 2. The second-order valence-corrected chi connectivity index (χ2v) is 12.4. The first kappa shape index (κ1) is 22.7. The summed E-state index contributed by atoms with van der Waals surface area (Å²) in [4.78, 5) is 25.3. The van der Waals surface area contributed by atoms with E-state index >= 15 is 0 Å². The molecule has 176 valence electrons. The Morgan fingerprint density at radius 1 is 0.970 bits per heavy atom. The largest absolute Gasteiger partial charge is 0.299 e. The summed E-state index contributed by atoms with van der Waals surface area (Å²) in [5.41, 5.74) is 2.18. The van der Waals surface area contributed by atoms with Gasteiger partial charge in [-0.1, -0.05) is 37.1 Å². The van der Waals surface area contributed by atoms with Crippen molar-refractivity contribution in [1.29, 1.82) is 0 Å². The van der Waals surface area contributed by atoms with Crippen molar-refractivity contribution in [3.8, 4) is 0 Å². The average molecular weight is 469 g/mol. The van der Waals surface area contributed by atoms with Crippen molar-refractivity contribution in [3.05, 3.63) is 53.1 Å². The van der Waals surface area contributed by atoms with Gasteiger partial charge in [0.2, 0.25) is 0 Å². The zero-order valence-electron chi connectivity index (χ0n) is 19.6. The minimum atomic E-state index is -3.94. The molecule has 0 heterocycles. The fraction of sp³-hybridized carbons (Fsp3) is 0.556. The van der Waals surface area contributed by atoms with Crippen molar-refractivity contribution < 1.29 is 22.2 Å². The van der Waals surface area contributed by atoms with E-state index in [9.17, 15) is 18.0 Å². The highest BCUT2D eigenvalue weighted by molar-refractivity contribution is 7.86. The summed E-state index contributed by atoms with van der Waals surface area (Å²) in [6.45, 7) is 6.08. The van der Waals surface area contributed by atoms with Crippen LogP contribution in [0.2, 0.25) is 0 Å². The maximum atomic E-state index is 12.9. The molecular weight excluding hydrogens is 436 g/mol. The number of fused-ring (bicyclic) bond motifs is 5. The number of hydrogen-bond donors (Lipinski definition) is 0. The van der Waals surface area contributed by atoms with Gasteiger partial charge in [-0.2, -0.15) is 8.42 Å². The van der Waals surface area contributed by atoms with Crippen LogP contribution in [0.5, 0.6) is 0 Å². The van der Waals surface area contributed by atoms with Gasteiger partial charge in [-0.3, -0.25) is 13.8 Å². The Labute approximate surface area is 196 Å². The van der Waals surface area contributed by atoms with Crippen molar-refractivity contribution in [3.63, 3.8) is 0 Å². The van der Waals surface area contributed by atoms with Crippen LogP contribution < -0.4 is 0 Å². The summed E-state index contributed by atoms with van der Waals surface area (Å²) >= 11 is 0. The first-order chi connectivity index (χ1) is 15.6. The molecule has 0 unspecified atom stereocenters. The molecule has 5 rings (SSSR count). The second kappa shape index (κ2) is 7.74. The maximum Gasteiger partial charge on any atom is 0.297 e. The van der Waals surface area contributed by atoms with Gasteiger partial charge in [0.05, 0.1) is 11.5 Å². The number of rotatable bonds is 4. The van der Waals surface area contributed by atoms with Gasteiger partial charge in [-0.15, -0.1) is 0 Å². The zero-order valence-corrected chi connectivity index (χ0v) is 20.4. The van der Waals surface area contributed by atoms with Crippen LogP contribution in [0.1, 0.15) is 57.9 Å². The Hall–Kier alpha value is -2.05. The van der Waals surface area contributed by atoms with Crippen molar-refractivity contribution in [2.45, 2.75) is 64.2 Å². The van der Waals surface area contributed by atoms with E-state index in [2.05, 4.69) is 13.8 Å². The number of Topliss-reactive ketones (excluding diaryl/α,β-unsaturated/α-hetero) is 1. The van der Waals surface area contributed by atoms with E-state index in [0.29, 0.717) is 24.0 Å². The SMILES string of the molecule is Cc1ccc(S(=O)(=O)OCC2=CC(=O)C=C3CC[C@@H]4[C@H](CC[C@]5(C)C(=O)CC[C@@H]45)[C@]32C)cc1. The van der Waals surface area contributed by atoms with Crippen LogP contribution in [-0.2, 0) is 23.9 Å². The third kappa shape index (κ3) is 3.48. The highest BCUT2D eigenvalue weighted by atomic mass is 32.2. The molecule has 0 radical (unpaired) electrons. The third-order valence-electron chi connectivity index (χ3n) is 9.28. The van der Waals surface area contributed by atoms with Gasteiger partial charge in [0.25, 0.3) is 10.1 Å². The zero-order chi connectivity index (χ0) is 23.6. The lowest BCUT2D eigenvalue weighted by Crippen LogP contribution is -2.51. The lowest BCUT2D eigenvalue weighted by atomic mass is 9.47. The summed E-state index contributed by atoms with van der Waals surface area (Å²) in [5.74, 6) is 1.37. The molecule has 4 aliphatic rings. The van der Waals surface area contributed by atoms with Crippen LogP contribution in [0.4, 0.5) is 0 Å². The number of benzene rings is 1. The van der Waals surface area contributed by atoms with Gasteiger partial charge in [-0.05, 0) is 86.6 Å². The van der Waals surface area contributed by atoms with E-state index in [1.54, 1.807) is 36.4 Å². The van der Waals surface area contributed by atoms with Crippen LogP contribution in [0.3, 0.4) is 0 Å². The number of hydrogen-bond acceptors (Lipinski definition) is 5. The van der Waals surface area contributed by atoms with Crippen LogP contribution in [0.15, 0.2) is 52.5 Å². The Kier molecular flexibility index (Phi) is 5.33. The van der Waals surface area contributed by atoms with E-state index in [0.717, 1.165) is 48.8 Å². The van der Waals surface area contributed by atoms with Gasteiger partial charge in [-0.25, -0.2) is 0 Å². The fourth-order valence-electron chi connectivity index (χ4n) is 7.30. The molecule has 33 heavy (non-hydrogen) atoms. The van der Waals surface area contributed by atoms with Crippen LogP contribution in [0, 0.1) is 35.5 Å². The van der Waals surface area contributed by atoms with Crippen molar-refractivity contribution in [2.75, 3.05) is 6.61 Å². The van der Waals surface area contributed by atoms with Crippen molar-refractivity contribution in [2.24, 2.45) is 28.6 Å². The molecule has 0 bridgehead atoms. The molecule has 1 aromatic rings. The molecule has 0 spiro atoms. The molecule has 0 aromatic heterocycles. The van der Waals surface area contributed by atoms with E-state index < -0.39 is 15.5 Å². The average Bonchev–Trinajstić information content (AvgIpc) is 3.07. The predicted octanol–water partition coefficient (Wildman–Crippen LogP) is 4.95. The third-order valence-corrected chi connectivity index (χ3v) is 10.6. The second-order valence-electron chi connectivity index (χ2n) is 10.8. The molecule has 0 aliphatic heterocycles. The number of carbonyl (C=O) groups excluding carboxylic acids is 2. The normalized spacial score (nSPS) is 35.9. The van der Waals surface area contributed by atoms with Crippen LogP contribution >= 0.6 is 0 Å². The number of carbonyl (C=O) groups is 2. The van der Waals surface area contributed by atoms with Gasteiger partial charge >= 0.3 is 0 Å². The molecule has 0 N–H and O–H groups in total. The Morgan fingerprint density at radius 2 is 1.70 bits per heavy atom. The molecule has 5 atom stereocenters. The van der Waals surface area contributed by atoms with Gasteiger partial charge in [0, 0.05) is 17.3 Å². The Balaban J connectivity index is 1.44. The molecule has 5 nitrogen and oxygen atoms in total. The standard InChI is InChI=1S/C27H32O5S/c1-17-4-7-21(8-5-17)33(30,31)32-16-19-15-20(28)14-18-6-9-22-23-10-11-25(29)26(23,2)13-12-24(22)27(18,19)3/h4-5,7-8,14-15,22-24H,6,9-13,16H2,1-3H3/t22-,23-,24-,26-,27+/m0/s1. The van der Waals surface area contributed by atoms with E-state index in [-0.39, 0.29) is 28.6 Å². The molecule has 6 heteroatoms. The lowest BCUT2D eigenvalue weighted by Gasteiger charge is -2.57. The molecule has 1 aromatic carbocycles. The molecule has 3 saturated carbocycles. The highest BCUT2D eigenvalue weighted by Gasteiger charge is 2.59. The van der Waals surface area contributed by atoms with Crippen LogP contribution in [-0.4, -0.2) is 26.6 Å². The molecule has 0 saturated heterocycles. The quantitative estimate of drug-likeness (QED) is 0.585. The summed E-state index contributed by atoms with van der Waals surface area (Å²) in [6, 6.07) is 6.59. The molecule has 0 amide bonds. The van der Waals surface area contributed by atoms with E-state index in [1.165, 1.54) is 0 Å². The molecular formula is C27H32O5S. The first-order valence-corrected chi connectivity index (χ1v) is 13.4. The fourth-order valence-corrected chi connectivity index (χ4v) is 8.19. The smallest absolute Gasteiger partial charge is 0.297 e. The maximum absolute atomic E-state index is 12.9. The van der Waals surface area contributed by atoms with E-state index in [4.69, 9.17) is 4.18 Å². The monoisotopic (exact) mass is 468 g/mol. The lowest BCUT2D eigenvalue weighted by molar-refractivity contribution is -0.131. The van der Waals surface area contributed by atoms with Crippen LogP contribution in [0.25, 0.3) is 0 Å². The number of aryl methyl sites for hydroxylation is 1. The molecule has 4 aliphatic carbocycles. The summed E-state index contributed by atoms with van der Waals surface area (Å²) in [6.07, 6.45) is 8.53. The van der Waals surface area contributed by atoms with Crippen molar-refractivity contribution in [1.82, 2.24) is 0 Å². The minimum Gasteiger partial charge on any atom is -0.299 e. The Morgan fingerprint density at radius 3 is 2.42 bits per heavy atom. The van der Waals surface area contributed by atoms with Crippen molar-refractivity contribution >= 4 is 21.7 Å². The first-order valence-electron chi connectivity index (χ1n) is 12.0. The minimum absolute atomic E-state index is 0.0936. The summed E-state index contributed by atoms with van der Waals surface area (Å²) in [7, 11) is -3.94. The molecule has 3 fully saturated rings. The summed E-state index contributed by atoms with van der Waals surface area (Å²) < 4.78 is 31.2. The number of allylic oxidation sites excluding steroid dienone is 3. The topological polar surface area (TPSA) is 77.5 Å². The highest BCUT2D eigenvalue weighted by Crippen LogP contribution is 2.64. The van der Waals surface area contributed by atoms with Gasteiger partial charge in [0.15, 0.2) is 5.78 Å². The predicted molar refractivity (Wildman–Crippen MR) is 125 cm³/mol. The van der Waals surface area contributed by atoms with Gasteiger partial charge in [0.1, 0.15) is 5.78 Å². The summed E-state index contributed by atoms with van der Waals surface area (Å²) in [5, 5.41) is 0. The van der Waals surface area contributed by atoms with E-state index in [1.807, 2.05) is 6.92 Å². The van der Waals surface area contributed by atoms with Gasteiger partial charge < -0.3 is 0 Å². The Bertz CT molecular complexity index is 1180.